The van der Waals surface area contributed by atoms with E-state index in [1.807, 2.05) is 0 Å². The Labute approximate surface area is 140 Å². The molecule has 0 aliphatic rings. The summed E-state index contributed by atoms with van der Waals surface area (Å²) >= 11 is 0. The molecule has 1 amide bonds. The number of hydrogen-bond acceptors (Lipinski definition) is 4. The third kappa shape index (κ3) is 10.2. The molecule has 0 rings (SSSR count). The molecule has 9 heteroatoms. The van der Waals surface area contributed by atoms with E-state index in [9.17, 15) is 14.5 Å². The van der Waals surface area contributed by atoms with E-state index in [0.29, 0.717) is 0 Å². The van der Waals surface area contributed by atoms with Gasteiger partial charge in [0.25, 0.3) is 0 Å². The van der Waals surface area contributed by atoms with Crippen molar-refractivity contribution in [2.75, 3.05) is 6.66 Å². The van der Waals surface area contributed by atoms with Crippen LogP contribution in [0.2, 0.25) is 0 Å². The molecule has 0 aliphatic heterocycles. The summed E-state index contributed by atoms with van der Waals surface area (Å²) in [5, 5.41) is 10.7. The molecule has 0 fully saturated rings. The fourth-order valence-electron chi connectivity index (χ4n) is 0.692. The first kappa shape index (κ1) is 22.2. The van der Waals surface area contributed by atoms with Gasteiger partial charge < -0.3 is 15.3 Å². The first-order valence-electron chi connectivity index (χ1n) is 3.99. The number of carbonyl (C=O) groups excluding carboxylic acids is 1. The molecule has 82 valence electrons. The van der Waals surface area contributed by atoms with Gasteiger partial charge >= 0.3 is 5.97 Å². The molecule has 0 spiro atoms. The van der Waals surface area contributed by atoms with Gasteiger partial charge in [-0.3, -0.25) is 9.59 Å². The first-order valence-corrected chi connectivity index (χ1v) is 5.65. The Morgan fingerprint density at radius 2 is 1.81 bits per heavy atom. The predicted octanol–water partition coefficient (Wildman–Crippen LogP) is -1.23. The fraction of sp³-hybridized carbons (Fsp3) is 0.714. The van der Waals surface area contributed by atoms with E-state index in [4.69, 9.17) is 5.11 Å². The number of hydrogen-bond donors (Lipinski definition) is 2. The topological polar surface area (TPSA) is 102 Å². The predicted molar refractivity (Wildman–Crippen MR) is 61.5 cm³/mol. The summed E-state index contributed by atoms with van der Waals surface area (Å²) in [5.41, 5.74) is 0. The summed E-state index contributed by atoms with van der Waals surface area (Å²) in [6, 6.07) is -1.75. The number of carboxylic acid groups (broad SMARTS) is 1. The van der Waals surface area contributed by atoms with Crippen molar-refractivity contribution in [3.8, 4) is 0 Å². The average Bonchev–Trinajstić information content (AvgIpc) is 2.02. The summed E-state index contributed by atoms with van der Waals surface area (Å²) in [4.78, 5) is 32.2. The van der Waals surface area contributed by atoms with Crippen molar-refractivity contribution < 1.29 is 19.6 Å². The molecule has 0 aliphatic carbocycles. The van der Waals surface area contributed by atoms with Crippen LogP contribution in [0.15, 0.2) is 4.74 Å². The Bertz CT molecular complexity index is 271. The van der Waals surface area contributed by atoms with Gasteiger partial charge in [-0.1, -0.05) is 0 Å². The summed E-state index contributed by atoms with van der Waals surface area (Å²) in [5.74, 6) is -1.66. The molecule has 2 N–H and O–H groups in total. The monoisotopic (exact) mass is 266 g/mol. The smallest absolute Gasteiger partial charge is 0.325 e. The molecule has 1 unspecified atom stereocenters. The van der Waals surface area contributed by atoms with Crippen molar-refractivity contribution in [1.29, 1.82) is 0 Å². The Morgan fingerprint density at radius 1 is 1.38 bits per heavy atom. The standard InChI is InChI=1S/C7H13N2O4P.2Na/c1-4(9-14(3)13)6(10)8-5(2)7(11)12;;/h4-5H,1-3H3,(H,8,10)(H,11,12);;/t4-,5-;;/m0../s1. The van der Waals surface area contributed by atoms with Crippen LogP contribution in [0, 0.1) is 0 Å². The van der Waals surface area contributed by atoms with Crippen LogP contribution in [0.25, 0.3) is 0 Å². The maximum absolute atomic E-state index is 11.2. The molecular weight excluding hydrogens is 253 g/mol. The minimum atomic E-state index is -1.75. The van der Waals surface area contributed by atoms with Gasteiger partial charge in [-0.25, -0.2) is 0 Å². The fourth-order valence-corrected chi connectivity index (χ4v) is 1.28. The number of rotatable bonds is 4. The number of carboxylic acids is 1. The van der Waals surface area contributed by atoms with Crippen LogP contribution >= 0.6 is 7.94 Å². The number of aliphatic carboxylic acids is 1. The van der Waals surface area contributed by atoms with E-state index in [1.165, 1.54) is 20.5 Å². The number of nitrogens with zero attached hydrogens (tertiary/aromatic N) is 1. The van der Waals surface area contributed by atoms with E-state index in [2.05, 4.69) is 10.1 Å². The SMILES string of the molecule is C[C@H](/N=[P+](/C)[O-])C(=O)N[C@@H](C)C(=O)O.[Na].[Na]. The van der Waals surface area contributed by atoms with Crippen LogP contribution in [-0.4, -0.2) is 94.8 Å². The first-order chi connectivity index (χ1) is 6.34. The third-order valence-electron chi connectivity index (χ3n) is 1.44. The minimum absolute atomic E-state index is 0. The van der Waals surface area contributed by atoms with Crippen LogP contribution in [0.3, 0.4) is 0 Å². The van der Waals surface area contributed by atoms with Crippen molar-refractivity contribution in [1.82, 2.24) is 5.32 Å². The Hall–Kier alpha value is 1.00. The molecule has 0 aromatic heterocycles. The normalized spacial score (nSPS) is 13.9. The number of nitrogens with one attached hydrogen (secondary N) is 1. The molecule has 0 saturated heterocycles. The van der Waals surface area contributed by atoms with E-state index in [-0.39, 0.29) is 59.1 Å². The second-order valence-electron chi connectivity index (χ2n) is 2.82. The Morgan fingerprint density at radius 3 is 2.12 bits per heavy atom. The van der Waals surface area contributed by atoms with Crippen molar-refractivity contribution >= 4 is 78.9 Å². The molecule has 3 atom stereocenters. The van der Waals surface area contributed by atoms with Gasteiger partial charge in [0.2, 0.25) is 5.91 Å². The Balaban J connectivity index is -0.000000845. The van der Waals surface area contributed by atoms with Gasteiger partial charge in [0.1, 0.15) is 12.7 Å². The second kappa shape index (κ2) is 11.1. The second-order valence-corrected chi connectivity index (χ2v) is 3.98. The zero-order chi connectivity index (χ0) is 11.3. The molecule has 0 heterocycles. The maximum Gasteiger partial charge on any atom is 0.325 e. The van der Waals surface area contributed by atoms with Gasteiger partial charge in [-0.05, 0) is 13.8 Å². The van der Waals surface area contributed by atoms with Crippen LogP contribution in [0.4, 0.5) is 0 Å². The van der Waals surface area contributed by atoms with Crippen LogP contribution in [-0.2, 0) is 9.59 Å². The van der Waals surface area contributed by atoms with Crippen molar-refractivity contribution in [3.05, 3.63) is 0 Å². The third-order valence-corrected chi connectivity index (χ3v) is 2.12. The zero-order valence-electron chi connectivity index (χ0n) is 10.2. The van der Waals surface area contributed by atoms with Gasteiger partial charge in [-0.15, -0.1) is 4.74 Å². The molecule has 16 heavy (non-hydrogen) atoms. The van der Waals surface area contributed by atoms with Gasteiger partial charge in [0, 0.05) is 59.1 Å². The summed E-state index contributed by atoms with van der Waals surface area (Å²) < 4.78 is 3.59. The summed E-state index contributed by atoms with van der Waals surface area (Å²) in [6.45, 7) is 4.18. The van der Waals surface area contributed by atoms with E-state index < -0.39 is 31.9 Å². The van der Waals surface area contributed by atoms with Gasteiger partial charge in [-0.2, -0.15) is 0 Å². The molecule has 0 aromatic carbocycles. The maximum atomic E-state index is 11.2. The number of carbonyl (C=O) groups is 2. The molecule has 0 aromatic rings. The molecule has 0 saturated carbocycles. The number of amides is 1. The van der Waals surface area contributed by atoms with E-state index in [1.54, 1.807) is 0 Å². The summed E-state index contributed by atoms with van der Waals surface area (Å²) in [6.07, 6.45) is 0. The largest absolute Gasteiger partial charge is 0.612 e. The molecular formula is C7H13N2Na2O4P. The quantitative estimate of drug-likeness (QED) is 0.491. The van der Waals surface area contributed by atoms with Crippen molar-refractivity contribution in [2.45, 2.75) is 25.9 Å². The van der Waals surface area contributed by atoms with Crippen LogP contribution in [0.5, 0.6) is 0 Å². The summed E-state index contributed by atoms with van der Waals surface area (Å²) in [7, 11) is -1.75. The minimum Gasteiger partial charge on any atom is -0.612 e. The van der Waals surface area contributed by atoms with Gasteiger partial charge in [0.15, 0.2) is 14.0 Å². The zero-order valence-corrected chi connectivity index (χ0v) is 15.1. The van der Waals surface area contributed by atoms with Crippen molar-refractivity contribution in [2.24, 2.45) is 4.74 Å². The van der Waals surface area contributed by atoms with Crippen LogP contribution in [0.1, 0.15) is 13.8 Å². The Kier molecular flexibility index (Phi) is 15.4. The molecule has 2 radical (unpaired) electrons. The average molecular weight is 266 g/mol. The van der Waals surface area contributed by atoms with E-state index in [0.717, 1.165) is 0 Å². The van der Waals surface area contributed by atoms with Crippen molar-refractivity contribution in [3.63, 3.8) is 0 Å². The van der Waals surface area contributed by atoms with E-state index >= 15 is 0 Å². The molecule has 0 bridgehead atoms. The molecule has 6 nitrogen and oxygen atoms in total. The van der Waals surface area contributed by atoms with Gasteiger partial charge in [0.05, 0.1) is 0 Å². The van der Waals surface area contributed by atoms with Crippen LogP contribution < -0.4 is 10.2 Å².